The second kappa shape index (κ2) is 6.00. The Bertz CT molecular complexity index is 405. The van der Waals surface area contributed by atoms with Crippen molar-refractivity contribution >= 4 is 0 Å². The third-order valence-corrected chi connectivity index (χ3v) is 2.95. The number of hydrogen-bond acceptors (Lipinski definition) is 1. The van der Waals surface area contributed by atoms with Gasteiger partial charge in [-0.05, 0) is 37.3 Å². The highest BCUT2D eigenvalue weighted by molar-refractivity contribution is 5.24. The third kappa shape index (κ3) is 6.15. The van der Waals surface area contributed by atoms with Gasteiger partial charge in [0.15, 0.2) is 0 Å². The predicted molar refractivity (Wildman–Crippen MR) is 76.4 cm³/mol. The summed E-state index contributed by atoms with van der Waals surface area (Å²) < 4.78 is 25.2. The van der Waals surface area contributed by atoms with Crippen molar-refractivity contribution in [3.05, 3.63) is 35.4 Å². The number of hydrogen-bond donors (Lipinski definition) is 1. The van der Waals surface area contributed by atoms with Crippen LogP contribution in [0.15, 0.2) is 24.3 Å². The van der Waals surface area contributed by atoms with Gasteiger partial charge < -0.3 is 5.32 Å². The number of alkyl halides is 2. The number of halogens is 2. The Morgan fingerprint density at radius 3 is 2.26 bits per heavy atom. The van der Waals surface area contributed by atoms with Crippen molar-refractivity contribution in [1.82, 2.24) is 5.32 Å². The minimum absolute atomic E-state index is 0.0148. The molecule has 0 fully saturated rings. The summed E-state index contributed by atoms with van der Waals surface area (Å²) in [6.45, 7) is 11.5. The van der Waals surface area contributed by atoms with Gasteiger partial charge in [0, 0.05) is 17.6 Å². The Hall–Kier alpha value is -0.960. The van der Waals surface area contributed by atoms with Crippen LogP contribution in [0.4, 0.5) is 8.78 Å². The fraction of sp³-hybridized carbons (Fsp3) is 0.625. The average Bonchev–Trinajstić information content (AvgIpc) is 2.24. The summed E-state index contributed by atoms with van der Waals surface area (Å²) in [6.07, 6.45) is -1.38. The topological polar surface area (TPSA) is 12.0 Å². The van der Waals surface area contributed by atoms with Gasteiger partial charge in [0.05, 0.1) is 0 Å². The van der Waals surface area contributed by atoms with Gasteiger partial charge in [0.25, 0.3) is 6.43 Å². The van der Waals surface area contributed by atoms with E-state index in [1.54, 1.807) is 12.1 Å². The van der Waals surface area contributed by atoms with E-state index in [0.717, 1.165) is 12.0 Å². The van der Waals surface area contributed by atoms with E-state index in [1.807, 2.05) is 6.07 Å². The van der Waals surface area contributed by atoms with Gasteiger partial charge in [-0.15, -0.1) is 0 Å². The fourth-order valence-electron chi connectivity index (χ4n) is 2.57. The van der Waals surface area contributed by atoms with Crippen molar-refractivity contribution in [2.75, 3.05) is 0 Å². The predicted octanol–water partition coefficient (Wildman–Crippen LogP) is 4.93. The molecule has 0 saturated heterocycles. The molecule has 1 aromatic rings. The van der Waals surface area contributed by atoms with Crippen LogP contribution in [0.3, 0.4) is 0 Å². The standard InChI is InChI=1S/C16H25F2N/c1-15(2,3)11-16(4,5)19-10-12-7-6-8-13(9-12)14(17)18/h6-9,14,19H,10-11H2,1-5H3. The van der Waals surface area contributed by atoms with E-state index in [1.165, 1.54) is 6.07 Å². The number of rotatable bonds is 5. The van der Waals surface area contributed by atoms with Crippen molar-refractivity contribution < 1.29 is 8.78 Å². The Morgan fingerprint density at radius 1 is 1.11 bits per heavy atom. The van der Waals surface area contributed by atoms with Crippen LogP contribution in [0.1, 0.15) is 58.6 Å². The zero-order valence-electron chi connectivity index (χ0n) is 12.6. The lowest BCUT2D eigenvalue weighted by atomic mass is 9.82. The molecule has 0 aliphatic carbocycles. The van der Waals surface area contributed by atoms with Crippen LogP contribution in [0, 0.1) is 5.41 Å². The summed E-state index contributed by atoms with van der Waals surface area (Å²) >= 11 is 0. The zero-order chi connectivity index (χ0) is 14.7. The van der Waals surface area contributed by atoms with E-state index in [0.29, 0.717) is 6.54 Å². The van der Waals surface area contributed by atoms with E-state index < -0.39 is 6.43 Å². The lowest BCUT2D eigenvalue weighted by Gasteiger charge is -2.33. The minimum Gasteiger partial charge on any atom is -0.308 e. The molecule has 0 aliphatic rings. The van der Waals surface area contributed by atoms with Crippen LogP contribution in [-0.4, -0.2) is 5.54 Å². The first-order valence-corrected chi connectivity index (χ1v) is 6.71. The third-order valence-electron chi connectivity index (χ3n) is 2.95. The Morgan fingerprint density at radius 2 is 1.74 bits per heavy atom. The van der Waals surface area contributed by atoms with E-state index in [-0.39, 0.29) is 16.5 Å². The smallest absolute Gasteiger partial charge is 0.263 e. The van der Waals surface area contributed by atoms with Crippen molar-refractivity contribution in [1.29, 1.82) is 0 Å². The molecule has 1 rings (SSSR count). The molecule has 19 heavy (non-hydrogen) atoms. The van der Waals surface area contributed by atoms with Crippen LogP contribution >= 0.6 is 0 Å². The van der Waals surface area contributed by atoms with E-state index in [9.17, 15) is 8.78 Å². The summed E-state index contributed by atoms with van der Waals surface area (Å²) in [7, 11) is 0. The summed E-state index contributed by atoms with van der Waals surface area (Å²) in [5, 5.41) is 3.45. The van der Waals surface area contributed by atoms with E-state index in [2.05, 4.69) is 39.9 Å². The summed E-state index contributed by atoms with van der Waals surface area (Å²) in [5.41, 5.74) is 1.22. The maximum atomic E-state index is 12.6. The van der Waals surface area contributed by atoms with Gasteiger partial charge in [-0.2, -0.15) is 0 Å². The SMILES string of the molecule is CC(C)(C)CC(C)(C)NCc1cccc(C(F)F)c1. The maximum absolute atomic E-state index is 12.6. The fourth-order valence-corrected chi connectivity index (χ4v) is 2.57. The summed E-state index contributed by atoms with van der Waals surface area (Å²) in [4.78, 5) is 0. The van der Waals surface area contributed by atoms with Gasteiger partial charge in [0.1, 0.15) is 0 Å². The number of benzene rings is 1. The van der Waals surface area contributed by atoms with Crippen LogP contribution in [0.2, 0.25) is 0 Å². The average molecular weight is 269 g/mol. The zero-order valence-corrected chi connectivity index (χ0v) is 12.6. The van der Waals surface area contributed by atoms with E-state index in [4.69, 9.17) is 0 Å². The number of nitrogens with one attached hydrogen (secondary N) is 1. The second-order valence-electron chi connectivity index (χ2n) is 7.02. The molecule has 1 aromatic carbocycles. The molecule has 1 N–H and O–H groups in total. The molecular weight excluding hydrogens is 244 g/mol. The Balaban J connectivity index is 2.63. The minimum atomic E-state index is -2.40. The molecule has 0 amide bonds. The van der Waals surface area contributed by atoms with Crippen molar-refractivity contribution in [2.24, 2.45) is 5.41 Å². The van der Waals surface area contributed by atoms with Gasteiger partial charge in [0.2, 0.25) is 0 Å². The van der Waals surface area contributed by atoms with Crippen molar-refractivity contribution in [3.63, 3.8) is 0 Å². The molecule has 0 radical (unpaired) electrons. The molecule has 0 atom stereocenters. The first-order valence-electron chi connectivity index (χ1n) is 6.71. The molecule has 0 aliphatic heterocycles. The second-order valence-corrected chi connectivity index (χ2v) is 7.02. The molecule has 0 aromatic heterocycles. The van der Waals surface area contributed by atoms with Crippen LogP contribution in [0.5, 0.6) is 0 Å². The molecule has 3 heteroatoms. The normalized spacial score (nSPS) is 13.1. The monoisotopic (exact) mass is 269 g/mol. The molecule has 0 unspecified atom stereocenters. The highest BCUT2D eigenvalue weighted by Gasteiger charge is 2.24. The molecular formula is C16H25F2N. The van der Waals surface area contributed by atoms with Crippen LogP contribution < -0.4 is 5.32 Å². The lowest BCUT2D eigenvalue weighted by molar-refractivity contribution is 0.151. The summed E-state index contributed by atoms with van der Waals surface area (Å²) in [6, 6.07) is 6.61. The quantitative estimate of drug-likeness (QED) is 0.799. The van der Waals surface area contributed by atoms with Gasteiger partial charge in [-0.3, -0.25) is 0 Å². The van der Waals surface area contributed by atoms with Crippen molar-refractivity contribution in [3.8, 4) is 0 Å². The Labute approximate surface area is 115 Å². The van der Waals surface area contributed by atoms with Gasteiger partial charge >= 0.3 is 0 Å². The van der Waals surface area contributed by atoms with Gasteiger partial charge in [-0.25, -0.2) is 8.78 Å². The van der Waals surface area contributed by atoms with Gasteiger partial charge in [-0.1, -0.05) is 39.0 Å². The molecule has 1 nitrogen and oxygen atoms in total. The highest BCUT2D eigenvalue weighted by Crippen LogP contribution is 2.27. The molecule has 108 valence electrons. The summed E-state index contributed by atoms with van der Waals surface area (Å²) in [5.74, 6) is 0. The molecule has 0 saturated carbocycles. The highest BCUT2D eigenvalue weighted by atomic mass is 19.3. The lowest BCUT2D eigenvalue weighted by Crippen LogP contribution is -2.41. The van der Waals surface area contributed by atoms with Crippen LogP contribution in [-0.2, 0) is 6.54 Å². The largest absolute Gasteiger partial charge is 0.308 e. The molecule has 0 bridgehead atoms. The first kappa shape index (κ1) is 16.1. The maximum Gasteiger partial charge on any atom is 0.263 e. The van der Waals surface area contributed by atoms with E-state index >= 15 is 0 Å². The van der Waals surface area contributed by atoms with Crippen molar-refractivity contribution in [2.45, 2.75) is 59.5 Å². The molecule has 0 heterocycles. The van der Waals surface area contributed by atoms with Crippen LogP contribution in [0.25, 0.3) is 0 Å². The first-order chi connectivity index (χ1) is 8.59. The molecule has 0 spiro atoms. The Kier molecular flexibility index (Phi) is 5.08.